The Morgan fingerprint density at radius 1 is 0.750 bits per heavy atom. The number of benzene rings is 1. The van der Waals surface area contributed by atoms with Crippen LogP contribution in [0, 0.1) is 23.3 Å². The highest BCUT2D eigenvalue weighted by Gasteiger charge is 2.24. The largest absolute Gasteiger partial charge is 0.707 e. The molecule has 5 nitrogen and oxygen atoms in total. The van der Waals surface area contributed by atoms with Gasteiger partial charge in [0, 0.05) is 17.1 Å². The van der Waals surface area contributed by atoms with Gasteiger partial charge in [-0.25, -0.2) is 13.2 Å². The Morgan fingerprint density at radius 2 is 1.07 bits per heavy atom. The number of hydrogen-bond acceptors (Lipinski definition) is 5. The van der Waals surface area contributed by atoms with Crippen LogP contribution in [0.4, 0.5) is 17.6 Å². The van der Waals surface area contributed by atoms with Gasteiger partial charge >= 0.3 is 7.32 Å². The third-order valence-electron chi connectivity index (χ3n) is 3.98. The molecule has 1 aromatic carbocycles. The highest BCUT2D eigenvalue weighted by atomic mass is 19.2. The molecule has 0 saturated heterocycles. The van der Waals surface area contributed by atoms with Crippen LogP contribution in [-0.2, 0) is 0 Å². The molecule has 1 rings (SSSR count). The van der Waals surface area contributed by atoms with Crippen LogP contribution in [0.15, 0.2) is 6.07 Å². The molecule has 0 amide bonds. The third-order valence-corrected chi connectivity index (χ3v) is 3.98. The molecule has 0 aromatic heterocycles. The molecule has 0 aliphatic carbocycles. The zero-order chi connectivity index (χ0) is 23.0. The van der Waals surface area contributed by atoms with Crippen LogP contribution in [-0.4, -0.2) is 66.4 Å². The number of rotatable bonds is 2. The van der Waals surface area contributed by atoms with Crippen molar-refractivity contribution in [2.24, 2.45) is 0 Å². The number of hydrogen-bond donors (Lipinski definition) is 2. The lowest BCUT2D eigenvalue weighted by molar-refractivity contribution is 0.219. The van der Waals surface area contributed by atoms with Crippen molar-refractivity contribution < 1.29 is 32.3 Å². The second-order valence-corrected chi connectivity index (χ2v) is 8.37. The van der Waals surface area contributed by atoms with E-state index in [1.165, 1.54) is 0 Å². The van der Waals surface area contributed by atoms with E-state index >= 15 is 0 Å². The molecule has 0 fully saturated rings. The van der Waals surface area contributed by atoms with Crippen molar-refractivity contribution in [2.75, 3.05) is 28.2 Å². The Kier molecular flexibility index (Phi) is 12.0. The molecule has 0 spiro atoms. The van der Waals surface area contributed by atoms with E-state index in [4.69, 9.17) is 10.0 Å². The molecular formula is C18H33BF4N2O3. The van der Waals surface area contributed by atoms with Gasteiger partial charge in [0.15, 0.2) is 23.2 Å². The zero-order valence-corrected chi connectivity index (χ0v) is 18.4. The van der Waals surface area contributed by atoms with Crippen LogP contribution in [0.3, 0.4) is 0 Å². The fraction of sp³-hybridized carbons (Fsp3) is 0.667. The molecule has 0 saturated carbocycles. The first-order valence-electron chi connectivity index (χ1n) is 8.53. The maximum absolute atomic E-state index is 12.7. The van der Waals surface area contributed by atoms with Gasteiger partial charge in [0.25, 0.3) is 0 Å². The lowest BCUT2D eigenvalue weighted by Crippen LogP contribution is -2.34. The molecule has 10 heteroatoms. The van der Waals surface area contributed by atoms with Crippen molar-refractivity contribution in [1.82, 2.24) is 9.80 Å². The monoisotopic (exact) mass is 412 g/mol. The molecule has 164 valence electrons. The van der Waals surface area contributed by atoms with E-state index in [2.05, 4.69) is 84.2 Å². The molecule has 0 radical (unpaired) electrons. The fourth-order valence-corrected chi connectivity index (χ4v) is 0.763. The van der Waals surface area contributed by atoms with Gasteiger partial charge in [0.1, 0.15) is 0 Å². The van der Waals surface area contributed by atoms with Crippen LogP contribution in [0.2, 0.25) is 0 Å². The number of nitrogens with zero attached hydrogens (tertiary/aromatic N) is 2. The van der Waals surface area contributed by atoms with E-state index < -0.39 is 36.3 Å². The van der Waals surface area contributed by atoms with Crippen LogP contribution in [0.25, 0.3) is 0 Å². The highest BCUT2D eigenvalue weighted by molar-refractivity contribution is 6.33. The number of halogens is 4. The SMILES string of the molecule is CN(C)C(C)(C)C.CN(C)C(C)(C)C.OB(O)Oc1c(F)cc(F)c(F)c1F. The van der Waals surface area contributed by atoms with E-state index in [1.807, 2.05) is 0 Å². The van der Waals surface area contributed by atoms with Gasteiger partial charge in [-0.15, -0.1) is 0 Å². The van der Waals surface area contributed by atoms with Gasteiger partial charge in [-0.1, -0.05) is 0 Å². The molecule has 28 heavy (non-hydrogen) atoms. The molecule has 0 aliphatic rings. The minimum Gasteiger partial charge on any atom is -0.507 e. The summed E-state index contributed by atoms with van der Waals surface area (Å²) in [6.07, 6.45) is 0. The van der Waals surface area contributed by atoms with E-state index in [9.17, 15) is 17.6 Å². The summed E-state index contributed by atoms with van der Waals surface area (Å²) in [6.45, 7) is 13.1. The topological polar surface area (TPSA) is 56.2 Å². The predicted molar refractivity (Wildman–Crippen MR) is 104 cm³/mol. The molecule has 0 unspecified atom stereocenters. The van der Waals surface area contributed by atoms with E-state index in [0.717, 1.165) is 0 Å². The molecule has 2 N–H and O–H groups in total. The Morgan fingerprint density at radius 3 is 1.32 bits per heavy atom. The second-order valence-electron chi connectivity index (χ2n) is 8.37. The summed E-state index contributed by atoms with van der Waals surface area (Å²) in [4.78, 5) is 4.38. The van der Waals surface area contributed by atoms with Gasteiger partial charge in [0.2, 0.25) is 5.82 Å². The average molecular weight is 412 g/mol. The van der Waals surface area contributed by atoms with Crippen molar-refractivity contribution >= 4 is 7.32 Å². The molecular weight excluding hydrogens is 379 g/mol. The van der Waals surface area contributed by atoms with Crippen molar-refractivity contribution in [2.45, 2.75) is 52.6 Å². The predicted octanol–water partition coefficient (Wildman–Crippen LogP) is 3.28. The first kappa shape index (κ1) is 28.9. The molecule has 0 atom stereocenters. The minimum absolute atomic E-state index is 0.0239. The summed E-state index contributed by atoms with van der Waals surface area (Å²) in [5, 5.41) is 16.4. The summed E-state index contributed by atoms with van der Waals surface area (Å²) < 4.78 is 53.9. The lowest BCUT2D eigenvalue weighted by atomic mass is 10.1. The maximum atomic E-state index is 12.7. The lowest BCUT2D eigenvalue weighted by Gasteiger charge is -2.27. The Hall–Kier alpha value is -1.36. The van der Waals surface area contributed by atoms with E-state index in [1.54, 1.807) is 0 Å². The molecule has 1 aromatic rings. The highest BCUT2D eigenvalue weighted by Crippen LogP contribution is 2.25. The Labute approximate surface area is 166 Å². The molecule has 0 heterocycles. The normalized spacial score (nSPS) is 11.5. The van der Waals surface area contributed by atoms with Crippen molar-refractivity contribution in [1.29, 1.82) is 0 Å². The van der Waals surface area contributed by atoms with Gasteiger partial charge < -0.3 is 24.5 Å². The second kappa shape index (κ2) is 11.6. The van der Waals surface area contributed by atoms with Crippen LogP contribution < -0.4 is 4.65 Å². The standard InChI is InChI=1S/C6H3BF4O3.2C6H15N/c8-2-1-3(9)6(14-7(12)13)5(11)4(2)10;2*1-6(2,3)7(4)5/h1,12-13H;2*1-5H3. The van der Waals surface area contributed by atoms with Crippen LogP contribution >= 0.6 is 0 Å². The smallest absolute Gasteiger partial charge is 0.507 e. The summed E-state index contributed by atoms with van der Waals surface area (Å²) in [6, 6.07) is 0.0239. The minimum atomic E-state index is -2.52. The Bertz CT molecular complexity index is 584. The summed E-state index contributed by atoms with van der Waals surface area (Å²) in [7, 11) is 5.81. The van der Waals surface area contributed by atoms with Crippen LogP contribution in [0.1, 0.15) is 41.5 Å². The Balaban J connectivity index is 0. The summed E-state index contributed by atoms with van der Waals surface area (Å²) in [5.41, 5.74) is 0.667. The van der Waals surface area contributed by atoms with Gasteiger partial charge in [-0.3, -0.25) is 0 Å². The fourth-order valence-electron chi connectivity index (χ4n) is 0.763. The summed E-state index contributed by atoms with van der Waals surface area (Å²) >= 11 is 0. The van der Waals surface area contributed by atoms with Crippen molar-refractivity contribution in [3.8, 4) is 5.75 Å². The van der Waals surface area contributed by atoms with Gasteiger partial charge in [-0.05, 0) is 69.7 Å². The maximum Gasteiger partial charge on any atom is 0.707 e. The molecule has 0 bridgehead atoms. The van der Waals surface area contributed by atoms with Crippen molar-refractivity contribution in [3.63, 3.8) is 0 Å². The first-order chi connectivity index (χ1) is 12.3. The summed E-state index contributed by atoms with van der Waals surface area (Å²) in [5.74, 6) is -8.62. The zero-order valence-electron chi connectivity index (χ0n) is 18.4. The van der Waals surface area contributed by atoms with Crippen molar-refractivity contribution in [3.05, 3.63) is 29.3 Å². The molecule has 0 aliphatic heterocycles. The average Bonchev–Trinajstić information content (AvgIpc) is 2.48. The third kappa shape index (κ3) is 11.5. The van der Waals surface area contributed by atoms with Gasteiger partial charge in [0.05, 0.1) is 0 Å². The van der Waals surface area contributed by atoms with Gasteiger partial charge in [-0.2, -0.15) is 4.39 Å². The first-order valence-corrected chi connectivity index (χ1v) is 8.53. The van der Waals surface area contributed by atoms with Crippen LogP contribution in [0.5, 0.6) is 5.75 Å². The van der Waals surface area contributed by atoms with E-state index in [0.29, 0.717) is 11.1 Å². The van der Waals surface area contributed by atoms with E-state index in [-0.39, 0.29) is 6.07 Å². The quantitative estimate of drug-likeness (QED) is 0.338.